The summed E-state index contributed by atoms with van der Waals surface area (Å²) in [7, 11) is 0. The van der Waals surface area contributed by atoms with Crippen LogP contribution in [0.3, 0.4) is 0 Å². The molecule has 3 heteroatoms. The number of para-hydroxylation sites is 1. The second-order valence-corrected chi connectivity index (χ2v) is 5.87. The molecule has 1 amide bonds. The minimum atomic E-state index is 0.277. The van der Waals surface area contributed by atoms with Crippen molar-refractivity contribution in [1.29, 1.82) is 0 Å². The van der Waals surface area contributed by atoms with Crippen molar-refractivity contribution < 1.29 is 4.79 Å². The van der Waals surface area contributed by atoms with Gasteiger partial charge >= 0.3 is 0 Å². The number of anilines is 1. The minimum Gasteiger partial charge on any atom is -0.312 e. The molecule has 1 aromatic carbocycles. The van der Waals surface area contributed by atoms with Crippen LogP contribution >= 0.6 is 0 Å². The number of aryl methyl sites for hydroxylation is 1. The average molecular weight is 288 g/mol. The van der Waals surface area contributed by atoms with Crippen LogP contribution in [-0.2, 0) is 11.2 Å². The van der Waals surface area contributed by atoms with Crippen LogP contribution in [0.1, 0.15) is 45.1 Å². The van der Waals surface area contributed by atoms with Crippen molar-refractivity contribution in [2.24, 2.45) is 0 Å². The van der Waals surface area contributed by atoms with E-state index in [0.717, 1.165) is 57.5 Å². The number of fused-ring (bicyclic) bond motifs is 1. The maximum atomic E-state index is 12.6. The molecule has 0 bridgehead atoms. The van der Waals surface area contributed by atoms with Crippen molar-refractivity contribution in [2.45, 2.75) is 46.0 Å². The molecule has 0 aliphatic carbocycles. The van der Waals surface area contributed by atoms with Gasteiger partial charge in [0.2, 0.25) is 5.91 Å². The fraction of sp³-hybridized carbons (Fsp3) is 0.611. The number of amides is 1. The molecule has 0 N–H and O–H groups in total. The summed E-state index contributed by atoms with van der Waals surface area (Å²) in [6, 6.07) is 8.33. The summed E-state index contributed by atoms with van der Waals surface area (Å²) < 4.78 is 0. The van der Waals surface area contributed by atoms with E-state index in [9.17, 15) is 4.79 Å². The average Bonchev–Trinajstić information content (AvgIpc) is 2.52. The molecule has 21 heavy (non-hydrogen) atoms. The summed E-state index contributed by atoms with van der Waals surface area (Å²) in [4.78, 5) is 17.0. The summed E-state index contributed by atoms with van der Waals surface area (Å²) >= 11 is 0. The van der Waals surface area contributed by atoms with Gasteiger partial charge in [0, 0.05) is 25.2 Å². The lowest BCUT2D eigenvalue weighted by atomic mass is 10.0. The minimum absolute atomic E-state index is 0.277. The van der Waals surface area contributed by atoms with Crippen LogP contribution in [0.25, 0.3) is 0 Å². The third kappa shape index (κ3) is 4.31. The third-order valence-corrected chi connectivity index (χ3v) is 4.13. The quantitative estimate of drug-likeness (QED) is 0.767. The number of carbonyl (C=O) groups is 1. The van der Waals surface area contributed by atoms with Gasteiger partial charge in [0.05, 0.1) is 0 Å². The van der Waals surface area contributed by atoms with Gasteiger partial charge in [-0.15, -0.1) is 0 Å². The Balaban J connectivity index is 1.95. The fourth-order valence-electron chi connectivity index (χ4n) is 3.15. The Kier molecular flexibility index (Phi) is 6.24. The number of hydrogen-bond donors (Lipinski definition) is 0. The molecule has 0 radical (unpaired) electrons. The Morgan fingerprint density at radius 2 is 1.86 bits per heavy atom. The predicted octanol–water partition coefficient (Wildman–Crippen LogP) is 3.48. The van der Waals surface area contributed by atoms with Gasteiger partial charge in [0.25, 0.3) is 0 Å². The van der Waals surface area contributed by atoms with Crippen LogP contribution in [0.2, 0.25) is 0 Å². The number of benzene rings is 1. The summed E-state index contributed by atoms with van der Waals surface area (Å²) in [5.74, 6) is 0.277. The normalized spacial score (nSPS) is 14.3. The van der Waals surface area contributed by atoms with Gasteiger partial charge in [0.1, 0.15) is 0 Å². The summed E-state index contributed by atoms with van der Waals surface area (Å²) in [6.45, 7) is 8.35. The molecule has 2 rings (SSSR count). The first-order valence-corrected chi connectivity index (χ1v) is 8.36. The van der Waals surface area contributed by atoms with Crippen LogP contribution < -0.4 is 4.90 Å². The molecule has 0 unspecified atom stereocenters. The number of carbonyl (C=O) groups excluding carboxylic acids is 1. The van der Waals surface area contributed by atoms with Crippen molar-refractivity contribution in [3.63, 3.8) is 0 Å². The molecule has 0 spiro atoms. The van der Waals surface area contributed by atoms with Crippen molar-refractivity contribution in [3.8, 4) is 0 Å². The summed E-state index contributed by atoms with van der Waals surface area (Å²) in [6.07, 6.45) is 5.12. The first-order valence-electron chi connectivity index (χ1n) is 8.36. The van der Waals surface area contributed by atoms with E-state index >= 15 is 0 Å². The lowest BCUT2D eigenvalue weighted by molar-refractivity contribution is -0.119. The maximum Gasteiger partial charge on any atom is 0.228 e. The zero-order valence-electron chi connectivity index (χ0n) is 13.5. The van der Waals surface area contributed by atoms with Gasteiger partial charge in [-0.05, 0) is 50.4 Å². The van der Waals surface area contributed by atoms with E-state index in [-0.39, 0.29) is 5.91 Å². The van der Waals surface area contributed by atoms with Gasteiger partial charge in [-0.3, -0.25) is 4.79 Å². The van der Waals surface area contributed by atoms with Crippen molar-refractivity contribution in [2.75, 3.05) is 31.1 Å². The topological polar surface area (TPSA) is 23.6 Å². The van der Waals surface area contributed by atoms with E-state index in [4.69, 9.17) is 0 Å². The fourth-order valence-corrected chi connectivity index (χ4v) is 3.15. The monoisotopic (exact) mass is 288 g/mol. The zero-order chi connectivity index (χ0) is 15.1. The highest BCUT2D eigenvalue weighted by atomic mass is 16.2. The van der Waals surface area contributed by atoms with Crippen LogP contribution in [0, 0.1) is 0 Å². The third-order valence-electron chi connectivity index (χ3n) is 4.13. The highest BCUT2D eigenvalue weighted by Gasteiger charge is 2.22. The van der Waals surface area contributed by atoms with E-state index in [1.165, 1.54) is 5.56 Å². The molecule has 1 aliphatic heterocycles. The first-order chi connectivity index (χ1) is 10.3. The van der Waals surface area contributed by atoms with Gasteiger partial charge in [0.15, 0.2) is 0 Å². The Hall–Kier alpha value is -1.35. The lowest BCUT2D eigenvalue weighted by Gasteiger charge is -2.30. The second kappa shape index (κ2) is 8.18. The van der Waals surface area contributed by atoms with Crippen LogP contribution in [0.15, 0.2) is 24.3 Å². The molecule has 1 heterocycles. The smallest absolute Gasteiger partial charge is 0.228 e. The van der Waals surface area contributed by atoms with Crippen LogP contribution in [0.4, 0.5) is 5.69 Å². The van der Waals surface area contributed by atoms with E-state index in [0.29, 0.717) is 6.42 Å². The first kappa shape index (κ1) is 16.0. The van der Waals surface area contributed by atoms with Crippen LogP contribution in [-0.4, -0.2) is 37.0 Å². The Morgan fingerprint density at radius 1 is 1.14 bits per heavy atom. The highest BCUT2D eigenvalue weighted by Crippen LogP contribution is 2.27. The van der Waals surface area contributed by atoms with E-state index in [1.807, 2.05) is 11.0 Å². The molecule has 0 atom stereocenters. The van der Waals surface area contributed by atoms with Gasteiger partial charge in [-0.1, -0.05) is 32.0 Å². The molecule has 1 aromatic rings. The van der Waals surface area contributed by atoms with Gasteiger partial charge in [-0.25, -0.2) is 0 Å². The zero-order valence-corrected chi connectivity index (χ0v) is 13.5. The molecule has 1 aliphatic rings. The maximum absolute atomic E-state index is 12.6. The Labute approximate surface area is 128 Å². The largest absolute Gasteiger partial charge is 0.312 e. The van der Waals surface area contributed by atoms with Gasteiger partial charge < -0.3 is 9.80 Å². The number of rotatable bonds is 7. The summed E-state index contributed by atoms with van der Waals surface area (Å²) in [5.41, 5.74) is 2.45. The summed E-state index contributed by atoms with van der Waals surface area (Å²) in [5, 5.41) is 0. The predicted molar refractivity (Wildman–Crippen MR) is 88.8 cm³/mol. The SMILES string of the molecule is CCCN(CCC)CCC(=O)N1CCCc2ccccc21. The molecule has 0 aromatic heterocycles. The molecule has 0 saturated heterocycles. The van der Waals surface area contributed by atoms with Crippen molar-refractivity contribution >= 4 is 11.6 Å². The van der Waals surface area contributed by atoms with Gasteiger partial charge in [-0.2, -0.15) is 0 Å². The lowest BCUT2D eigenvalue weighted by Crippen LogP contribution is -2.38. The molecule has 0 fully saturated rings. The molecular weight excluding hydrogens is 260 g/mol. The Morgan fingerprint density at radius 3 is 2.57 bits per heavy atom. The Bertz CT molecular complexity index is 452. The van der Waals surface area contributed by atoms with E-state index in [1.54, 1.807) is 0 Å². The van der Waals surface area contributed by atoms with E-state index in [2.05, 4.69) is 36.9 Å². The van der Waals surface area contributed by atoms with E-state index < -0.39 is 0 Å². The van der Waals surface area contributed by atoms with Crippen molar-refractivity contribution in [1.82, 2.24) is 4.90 Å². The number of nitrogens with zero attached hydrogens (tertiary/aromatic N) is 2. The van der Waals surface area contributed by atoms with Crippen molar-refractivity contribution in [3.05, 3.63) is 29.8 Å². The highest BCUT2D eigenvalue weighted by molar-refractivity contribution is 5.94. The molecular formula is C18H28N2O. The van der Waals surface area contributed by atoms with Crippen LogP contribution in [0.5, 0.6) is 0 Å². The molecule has 3 nitrogen and oxygen atoms in total. The molecule has 116 valence electrons. The molecule has 0 saturated carbocycles. The number of hydrogen-bond acceptors (Lipinski definition) is 2. The standard InChI is InChI=1S/C18H28N2O/c1-3-12-19(13-4-2)15-11-18(21)20-14-7-9-16-8-5-6-10-17(16)20/h5-6,8,10H,3-4,7,9,11-15H2,1-2H3. The second-order valence-electron chi connectivity index (χ2n) is 5.87.